The van der Waals surface area contributed by atoms with E-state index in [1.807, 2.05) is 27.7 Å². The van der Waals surface area contributed by atoms with Crippen molar-refractivity contribution < 1.29 is 29.6 Å². The molecule has 1 saturated carbocycles. The quantitative estimate of drug-likeness (QED) is 0.631. The van der Waals surface area contributed by atoms with Crippen molar-refractivity contribution in [2.75, 3.05) is 6.61 Å². The number of carbonyl (C=O) groups is 1. The van der Waals surface area contributed by atoms with Gasteiger partial charge in [-0.25, -0.2) is 0 Å². The van der Waals surface area contributed by atoms with Crippen LogP contribution in [0.2, 0.25) is 0 Å². The lowest BCUT2D eigenvalue weighted by Gasteiger charge is -2.63. The summed E-state index contributed by atoms with van der Waals surface area (Å²) in [6.07, 6.45) is 2.09. The van der Waals surface area contributed by atoms with Crippen molar-refractivity contribution in [2.24, 2.45) is 22.7 Å². The topological polar surface area (TPSA) is 99.5 Å². The van der Waals surface area contributed by atoms with E-state index in [4.69, 9.17) is 9.47 Å². The first-order chi connectivity index (χ1) is 12.0. The molecule has 5 aliphatic rings. The van der Waals surface area contributed by atoms with E-state index < -0.39 is 40.0 Å². The fourth-order valence-electron chi connectivity index (χ4n) is 6.76. The zero-order valence-electron chi connectivity index (χ0n) is 15.8. The van der Waals surface area contributed by atoms with Gasteiger partial charge in [-0.3, -0.25) is 4.79 Å². The summed E-state index contributed by atoms with van der Waals surface area (Å²) in [5.74, 6) is -1.87. The van der Waals surface area contributed by atoms with Crippen molar-refractivity contribution in [1.82, 2.24) is 0 Å². The molecule has 0 radical (unpaired) electrons. The number of aliphatic hydroxyl groups is 3. The molecule has 8 atom stereocenters. The first kappa shape index (κ1) is 17.3. The summed E-state index contributed by atoms with van der Waals surface area (Å²) in [6, 6.07) is 0. The Labute approximate surface area is 153 Å². The Hall–Kier alpha value is -0.790. The Kier molecular flexibility index (Phi) is 2.96. The summed E-state index contributed by atoms with van der Waals surface area (Å²) in [5, 5.41) is 33.5. The van der Waals surface area contributed by atoms with E-state index in [1.54, 1.807) is 6.08 Å². The molecule has 3 N–H and O–H groups in total. The first-order valence-electron chi connectivity index (χ1n) is 9.69. The number of rotatable bonds is 2. The van der Waals surface area contributed by atoms with Gasteiger partial charge in [0.2, 0.25) is 5.79 Å². The summed E-state index contributed by atoms with van der Waals surface area (Å²) in [7, 11) is 0. The Balaban J connectivity index is 1.68. The van der Waals surface area contributed by atoms with Crippen LogP contribution in [0.3, 0.4) is 0 Å². The maximum absolute atomic E-state index is 12.9. The van der Waals surface area contributed by atoms with Crippen LogP contribution < -0.4 is 0 Å². The Bertz CT molecular complexity index is 747. The van der Waals surface area contributed by atoms with E-state index in [0.717, 1.165) is 5.57 Å². The van der Waals surface area contributed by atoms with Crippen LogP contribution in [0.25, 0.3) is 0 Å². The number of fused-ring (bicyclic) bond motifs is 9. The van der Waals surface area contributed by atoms with Crippen LogP contribution in [-0.2, 0) is 14.3 Å². The zero-order chi connectivity index (χ0) is 18.9. The lowest BCUT2D eigenvalue weighted by molar-refractivity contribution is -0.362. The first-order valence-corrected chi connectivity index (χ1v) is 9.69. The highest BCUT2D eigenvalue weighted by Crippen LogP contribution is 2.74. The molecule has 5 rings (SSSR count). The number of aliphatic hydroxyl groups excluding tert-OH is 1. The van der Waals surface area contributed by atoms with Crippen molar-refractivity contribution in [3.8, 4) is 0 Å². The molecule has 2 aliphatic carbocycles. The number of hydrogen-bond donors (Lipinski definition) is 3. The van der Waals surface area contributed by atoms with Crippen molar-refractivity contribution in [3.63, 3.8) is 0 Å². The van der Waals surface area contributed by atoms with E-state index in [2.05, 4.69) is 0 Å². The summed E-state index contributed by atoms with van der Waals surface area (Å²) < 4.78 is 11.8. The van der Waals surface area contributed by atoms with Gasteiger partial charge in [-0.2, -0.15) is 0 Å². The summed E-state index contributed by atoms with van der Waals surface area (Å²) in [5.41, 5.74) is -3.05. The van der Waals surface area contributed by atoms with Gasteiger partial charge in [-0.15, -0.1) is 0 Å². The zero-order valence-corrected chi connectivity index (χ0v) is 15.8. The van der Waals surface area contributed by atoms with Gasteiger partial charge in [-0.1, -0.05) is 20.8 Å². The highest BCUT2D eigenvalue weighted by atomic mass is 16.8. The largest absolute Gasteiger partial charge is 0.393 e. The highest BCUT2D eigenvalue weighted by Gasteiger charge is 2.87. The number of ether oxygens (including phenoxy) is 2. The van der Waals surface area contributed by atoms with Gasteiger partial charge in [0.25, 0.3) is 0 Å². The Morgan fingerprint density at radius 1 is 1.23 bits per heavy atom. The van der Waals surface area contributed by atoms with Gasteiger partial charge >= 0.3 is 0 Å². The van der Waals surface area contributed by atoms with Crippen LogP contribution in [0.4, 0.5) is 0 Å². The number of epoxide rings is 1. The molecule has 26 heavy (non-hydrogen) atoms. The number of carbonyl (C=O) groups excluding carboxylic acids is 1. The second kappa shape index (κ2) is 4.44. The van der Waals surface area contributed by atoms with Gasteiger partial charge in [0.15, 0.2) is 5.78 Å². The molecule has 6 heteroatoms. The van der Waals surface area contributed by atoms with E-state index in [9.17, 15) is 20.1 Å². The normalized spacial score (nSPS) is 59.8. The fourth-order valence-corrected chi connectivity index (χ4v) is 6.76. The highest BCUT2D eigenvalue weighted by molar-refractivity contribution is 6.00. The molecule has 3 saturated heterocycles. The molecule has 6 nitrogen and oxygen atoms in total. The fraction of sp³-hybridized carbons (Fsp3) is 0.850. The van der Waals surface area contributed by atoms with Gasteiger partial charge in [0, 0.05) is 11.3 Å². The van der Waals surface area contributed by atoms with Gasteiger partial charge in [0.1, 0.15) is 17.3 Å². The van der Waals surface area contributed by atoms with E-state index >= 15 is 0 Å². The second-order valence-electron chi connectivity index (χ2n) is 9.84. The van der Waals surface area contributed by atoms with Crippen LogP contribution >= 0.6 is 0 Å². The molecule has 3 heterocycles. The minimum absolute atomic E-state index is 0.0186. The monoisotopic (exact) mass is 364 g/mol. The number of ketones is 1. The summed E-state index contributed by atoms with van der Waals surface area (Å²) in [4.78, 5) is 12.9. The maximum Gasteiger partial charge on any atom is 0.201 e. The molecule has 0 spiro atoms. The van der Waals surface area contributed by atoms with Crippen LogP contribution in [0.1, 0.15) is 47.0 Å². The summed E-state index contributed by atoms with van der Waals surface area (Å²) >= 11 is 0. The molecule has 3 aliphatic heterocycles. The lowest BCUT2D eigenvalue weighted by atomic mass is 9.46. The smallest absolute Gasteiger partial charge is 0.201 e. The third-order valence-electron chi connectivity index (χ3n) is 8.61. The molecule has 4 fully saturated rings. The lowest BCUT2D eigenvalue weighted by Crippen LogP contribution is -2.70. The molecular formula is C20H28O6. The third-order valence-corrected chi connectivity index (χ3v) is 8.61. The molecular weight excluding hydrogens is 336 g/mol. The van der Waals surface area contributed by atoms with Crippen molar-refractivity contribution >= 4 is 5.78 Å². The summed E-state index contributed by atoms with van der Waals surface area (Å²) in [6.45, 7) is 7.58. The average molecular weight is 364 g/mol. The third kappa shape index (κ3) is 1.44. The minimum atomic E-state index is -1.55. The van der Waals surface area contributed by atoms with Crippen molar-refractivity contribution in [1.29, 1.82) is 0 Å². The van der Waals surface area contributed by atoms with Crippen LogP contribution in [0, 0.1) is 22.7 Å². The molecule has 0 amide bonds. The maximum atomic E-state index is 12.9. The molecule has 0 aromatic heterocycles. The number of allylic oxidation sites excluding steroid dienone is 1. The standard InChI is InChI=1S/C20H28O6/c1-10(2)11-7-13(22)17(4)6-5-16(3)12(19(11,17)23)8-14-18(9-21)15(26-18)20(16,24)25-14/h7,10,12,14-15,21,23-24H,5-6,8-9H2,1-4H3/t12-,14+,15+,16+,17-,18+,19+,20+/m0/s1. The van der Waals surface area contributed by atoms with Crippen LogP contribution in [-0.4, -0.2) is 56.9 Å². The van der Waals surface area contributed by atoms with E-state index in [1.165, 1.54) is 0 Å². The van der Waals surface area contributed by atoms with Gasteiger partial charge < -0.3 is 24.8 Å². The Morgan fingerprint density at radius 2 is 1.92 bits per heavy atom. The van der Waals surface area contributed by atoms with Crippen molar-refractivity contribution in [2.45, 2.75) is 76.2 Å². The molecule has 0 aromatic rings. The predicted octanol–water partition coefficient (Wildman–Crippen LogP) is 0.926. The second-order valence-corrected chi connectivity index (χ2v) is 9.84. The molecule has 0 unspecified atom stereocenters. The SMILES string of the molecule is CC(C)C1=CC(=O)[C@]2(C)CC[C@]3(C)[C@H](C[C@H]4O[C@]3(O)[C@@H]3O[C@@]34CO)[C@]12O. The molecule has 0 aromatic carbocycles. The Morgan fingerprint density at radius 3 is 2.54 bits per heavy atom. The van der Waals surface area contributed by atoms with Crippen LogP contribution in [0.5, 0.6) is 0 Å². The predicted molar refractivity (Wildman–Crippen MR) is 90.9 cm³/mol. The van der Waals surface area contributed by atoms with Crippen LogP contribution in [0.15, 0.2) is 11.6 Å². The van der Waals surface area contributed by atoms with Gasteiger partial charge in [0.05, 0.1) is 18.1 Å². The number of hydrogen-bond acceptors (Lipinski definition) is 6. The molecule has 144 valence electrons. The average Bonchev–Trinajstić information content (AvgIpc) is 3.25. The minimum Gasteiger partial charge on any atom is -0.393 e. The van der Waals surface area contributed by atoms with E-state index in [0.29, 0.717) is 19.3 Å². The van der Waals surface area contributed by atoms with E-state index in [-0.39, 0.29) is 24.2 Å². The molecule has 2 bridgehead atoms. The van der Waals surface area contributed by atoms with Gasteiger partial charge in [-0.05, 0) is 43.8 Å². The van der Waals surface area contributed by atoms with Crippen molar-refractivity contribution in [3.05, 3.63) is 11.6 Å².